The van der Waals surface area contributed by atoms with E-state index in [0.29, 0.717) is 33.3 Å². The summed E-state index contributed by atoms with van der Waals surface area (Å²) in [7, 11) is 0. The van der Waals surface area contributed by atoms with Gasteiger partial charge in [0.1, 0.15) is 5.82 Å². The van der Waals surface area contributed by atoms with E-state index in [-0.39, 0.29) is 11.8 Å². The highest BCUT2D eigenvalue weighted by Crippen LogP contribution is 2.38. The van der Waals surface area contributed by atoms with E-state index in [1.54, 1.807) is 19.2 Å². The van der Waals surface area contributed by atoms with Gasteiger partial charge in [-0.1, -0.05) is 36.2 Å². The first-order chi connectivity index (χ1) is 16.8. The van der Waals surface area contributed by atoms with Crippen molar-refractivity contribution in [1.82, 2.24) is 14.9 Å². The highest BCUT2D eigenvalue weighted by atomic mass is 35.5. The second-order valence-corrected chi connectivity index (χ2v) is 11.7. The summed E-state index contributed by atoms with van der Waals surface area (Å²) >= 11 is 12.5. The number of nitrogens with one attached hydrogen (secondary N) is 1. The Labute approximate surface area is 218 Å². The van der Waals surface area contributed by atoms with Crippen molar-refractivity contribution in [3.63, 3.8) is 0 Å². The van der Waals surface area contributed by atoms with E-state index < -0.39 is 0 Å². The molecule has 2 saturated heterocycles. The number of piperidine rings is 1. The molecule has 0 spiro atoms. The van der Waals surface area contributed by atoms with Crippen molar-refractivity contribution in [3.05, 3.63) is 45.6 Å². The van der Waals surface area contributed by atoms with Crippen LogP contribution in [-0.2, 0) is 0 Å². The summed E-state index contributed by atoms with van der Waals surface area (Å²) in [4.78, 5) is 26.6. The molecule has 1 aromatic heterocycles. The number of rotatable bonds is 7. The van der Waals surface area contributed by atoms with Gasteiger partial charge in [0.05, 0.1) is 11.6 Å². The highest BCUT2D eigenvalue weighted by molar-refractivity contribution is 6.35. The molecule has 1 aliphatic carbocycles. The maximum atomic E-state index is 12.3. The lowest BCUT2D eigenvalue weighted by Gasteiger charge is -2.50. The average Bonchev–Trinajstić information content (AvgIpc) is 2.76. The molecule has 6 nitrogen and oxygen atoms in total. The molecule has 0 bridgehead atoms. The number of benzene rings is 1. The SMILES string of the molecule is CC(=O)c1cnc(N2CC([C@H]3CCCN(C4CC(C)C4)C3)C2)nc1N[C@H](C)c1ccc(Cl)cc1Cl. The number of nitrogens with zero attached hydrogens (tertiary/aromatic N) is 4. The van der Waals surface area contributed by atoms with E-state index >= 15 is 0 Å². The molecule has 0 amide bonds. The van der Waals surface area contributed by atoms with Crippen LogP contribution in [0.15, 0.2) is 24.4 Å². The van der Waals surface area contributed by atoms with E-state index in [2.05, 4.69) is 27.0 Å². The Morgan fingerprint density at radius 3 is 2.63 bits per heavy atom. The molecule has 0 radical (unpaired) electrons. The Morgan fingerprint density at radius 1 is 1.17 bits per heavy atom. The predicted molar refractivity (Wildman–Crippen MR) is 143 cm³/mol. The van der Waals surface area contributed by atoms with Crippen LogP contribution in [0.4, 0.5) is 11.8 Å². The van der Waals surface area contributed by atoms with Gasteiger partial charge in [0, 0.05) is 41.9 Å². The molecule has 8 heteroatoms. The van der Waals surface area contributed by atoms with E-state index in [4.69, 9.17) is 28.2 Å². The first-order valence-corrected chi connectivity index (χ1v) is 13.6. The van der Waals surface area contributed by atoms with Crippen molar-refractivity contribution in [1.29, 1.82) is 0 Å². The number of hydrogen-bond acceptors (Lipinski definition) is 6. The number of Topliss-reactive ketones (excluding diaryl/α,β-unsaturated/α-hetero) is 1. The summed E-state index contributed by atoms with van der Waals surface area (Å²) in [5, 5.41) is 4.56. The summed E-state index contributed by atoms with van der Waals surface area (Å²) in [5.74, 6) is 3.51. The lowest BCUT2D eigenvalue weighted by molar-refractivity contribution is 0.0294. The van der Waals surface area contributed by atoms with Gasteiger partial charge in [-0.15, -0.1) is 0 Å². The molecule has 2 aliphatic heterocycles. The summed E-state index contributed by atoms with van der Waals surface area (Å²) in [6, 6.07) is 6.11. The topological polar surface area (TPSA) is 61.4 Å². The molecule has 3 fully saturated rings. The fourth-order valence-electron chi connectivity index (χ4n) is 5.92. The van der Waals surface area contributed by atoms with Crippen molar-refractivity contribution < 1.29 is 4.79 Å². The Bertz CT molecular complexity index is 1080. The van der Waals surface area contributed by atoms with E-state index in [0.717, 1.165) is 36.5 Å². The second kappa shape index (κ2) is 10.2. The summed E-state index contributed by atoms with van der Waals surface area (Å²) in [5.41, 5.74) is 1.39. The van der Waals surface area contributed by atoms with Crippen LogP contribution in [0.25, 0.3) is 0 Å². The Kier molecular flexibility index (Phi) is 7.25. The van der Waals surface area contributed by atoms with Crippen LogP contribution in [0.3, 0.4) is 0 Å². The van der Waals surface area contributed by atoms with Crippen molar-refractivity contribution >= 4 is 40.8 Å². The van der Waals surface area contributed by atoms with Crippen LogP contribution >= 0.6 is 23.2 Å². The lowest BCUT2D eigenvalue weighted by Crippen LogP contribution is -2.56. The van der Waals surface area contributed by atoms with Gasteiger partial charge in [0.25, 0.3) is 0 Å². The van der Waals surface area contributed by atoms with Crippen molar-refractivity contribution in [2.75, 3.05) is 36.4 Å². The van der Waals surface area contributed by atoms with Crippen LogP contribution in [0.1, 0.15) is 68.4 Å². The minimum Gasteiger partial charge on any atom is -0.363 e. The average molecular weight is 517 g/mol. The molecule has 3 heterocycles. The minimum absolute atomic E-state index is 0.0671. The quantitative estimate of drug-likeness (QED) is 0.449. The van der Waals surface area contributed by atoms with Crippen LogP contribution in [-0.4, -0.2) is 52.9 Å². The molecular weight excluding hydrogens is 481 g/mol. The minimum atomic E-state index is -0.146. The van der Waals surface area contributed by atoms with Gasteiger partial charge in [0.2, 0.25) is 5.95 Å². The second-order valence-electron chi connectivity index (χ2n) is 10.8. The van der Waals surface area contributed by atoms with Crippen LogP contribution in [0.5, 0.6) is 0 Å². The van der Waals surface area contributed by atoms with Crippen molar-refractivity contribution in [2.24, 2.45) is 17.8 Å². The first kappa shape index (κ1) is 24.8. The zero-order chi connectivity index (χ0) is 24.7. The molecule has 2 atom stereocenters. The number of halogens is 2. The number of aromatic nitrogens is 2. The zero-order valence-electron chi connectivity index (χ0n) is 20.8. The number of carbonyl (C=O) groups excluding carboxylic acids is 1. The van der Waals surface area contributed by atoms with Gasteiger partial charge >= 0.3 is 0 Å². The van der Waals surface area contributed by atoms with E-state index in [1.165, 1.54) is 38.8 Å². The van der Waals surface area contributed by atoms with Gasteiger partial charge in [0.15, 0.2) is 5.78 Å². The number of anilines is 2. The van der Waals surface area contributed by atoms with Crippen molar-refractivity contribution in [3.8, 4) is 0 Å². The molecule has 35 heavy (non-hydrogen) atoms. The summed E-state index contributed by atoms with van der Waals surface area (Å²) in [6.45, 7) is 10.4. The Balaban J connectivity index is 1.25. The zero-order valence-corrected chi connectivity index (χ0v) is 22.3. The third-order valence-corrected chi connectivity index (χ3v) is 8.71. The predicted octanol–water partition coefficient (Wildman–Crippen LogP) is 6.11. The smallest absolute Gasteiger partial charge is 0.227 e. The van der Waals surface area contributed by atoms with Gasteiger partial charge in [-0.05, 0) is 81.5 Å². The molecule has 0 unspecified atom stereocenters. The summed E-state index contributed by atoms with van der Waals surface area (Å²) in [6.07, 6.45) is 7.03. The molecule has 1 saturated carbocycles. The number of ketones is 1. The number of likely N-dealkylation sites (tertiary alicyclic amines) is 1. The molecular formula is C27H35Cl2N5O. The molecule has 2 aromatic rings. The highest BCUT2D eigenvalue weighted by Gasteiger charge is 2.40. The molecule has 5 rings (SSSR count). The third kappa shape index (κ3) is 5.30. The fraction of sp³-hybridized carbons (Fsp3) is 0.593. The Morgan fingerprint density at radius 2 is 1.94 bits per heavy atom. The van der Waals surface area contributed by atoms with Crippen LogP contribution in [0, 0.1) is 17.8 Å². The maximum absolute atomic E-state index is 12.3. The summed E-state index contributed by atoms with van der Waals surface area (Å²) < 4.78 is 0. The van der Waals surface area contributed by atoms with Crippen molar-refractivity contribution in [2.45, 2.75) is 58.5 Å². The van der Waals surface area contributed by atoms with Gasteiger partial charge in [-0.25, -0.2) is 4.98 Å². The van der Waals surface area contributed by atoms with E-state index in [9.17, 15) is 4.79 Å². The monoisotopic (exact) mass is 515 g/mol. The van der Waals surface area contributed by atoms with Gasteiger partial charge in [-0.3, -0.25) is 4.79 Å². The van der Waals surface area contributed by atoms with Gasteiger partial charge < -0.3 is 15.1 Å². The number of hydrogen-bond donors (Lipinski definition) is 1. The van der Waals surface area contributed by atoms with Gasteiger partial charge in [-0.2, -0.15) is 4.98 Å². The molecule has 1 N–H and O–H groups in total. The number of carbonyl (C=O) groups is 1. The van der Waals surface area contributed by atoms with Crippen LogP contribution in [0.2, 0.25) is 10.0 Å². The normalized spacial score (nSPS) is 26.1. The lowest BCUT2D eigenvalue weighted by atomic mass is 9.76. The van der Waals surface area contributed by atoms with E-state index in [1.807, 2.05) is 19.1 Å². The molecule has 188 valence electrons. The third-order valence-electron chi connectivity index (χ3n) is 8.15. The fourth-order valence-corrected chi connectivity index (χ4v) is 6.49. The Hall–Kier alpha value is -1.89. The molecule has 3 aliphatic rings. The molecule has 1 aromatic carbocycles. The standard InChI is InChI=1S/C27H35Cl2N5O/c1-16-9-22(10-16)33-8-4-5-19(13-33)20-14-34(15-20)27-30-12-24(18(3)35)26(32-27)31-17(2)23-7-6-21(28)11-25(23)29/h6-7,11-12,16-17,19-20,22H,4-5,8-10,13-15H2,1-3H3,(H,30,31,32)/t16?,17-,19+,22?/m1/s1. The van der Waals surface area contributed by atoms with Crippen LogP contribution < -0.4 is 10.2 Å². The maximum Gasteiger partial charge on any atom is 0.227 e. The first-order valence-electron chi connectivity index (χ1n) is 12.9. The largest absolute Gasteiger partial charge is 0.363 e.